The Labute approximate surface area is 163 Å². The van der Waals surface area contributed by atoms with Gasteiger partial charge in [0.1, 0.15) is 23.3 Å². The van der Waals surface area contributed by atoms with Crippen LogP contribution in [0.1, 0.15) is 42.2 Å². The van der Waals surface area contributed by atoms with Gasteiger partial charge in [0.25, 0.3) is 0 Å². The van der Waals surface area contributed by atoms with Gasteiger partial charge in [0, 0.05) is 31.4 Å². The summed E-state index contributed by atoms with van der Waals surface area (Å²) in [6, 6.07) is 3.79. The predicted molar refractivity (Wildman–Crippen MR) is 105 cm³/mol. The van der Waals surface area contributed by atoms with Crippen molar-refractivity contribution in [3.05, 3.63) is 35.9 Å². The molecule has 1 fully saturated rings. The number of nitrogens with one attached hydrogen (secondary N) is 2. The summed E-state index contributed by atoms with van der Waals surface area (Å²) in [6.45, 7) is 5.28. The Hall–Kier alpha value is -3.25. The maximum absolute atomic E-state index is 11.6. The lowest BCUT2D eigenvalue weighted by molar-refractivity contribution is 0.0697. The highest BCUT2D eigenvalue weighted by Gasteiger charge is 2.21. The third-order valence-electron chi connectivity index (χ3n) is 4.64. The third-order valence-corrected chi connectivity index (χ3v) is 4.64. The van der Waals surface area contributed by atoms with Crippen molar-refractivity contribution < 1.29 is 9.90 Å². The first-order valence-corrected chi connectivity index (χ1v) is 9.30. The predicted octanol–water partition coefficient (Wildman–Crippen LogP) is 2.47. The van der Waals surface area contributed by atoms with Gasteiger partial charge in [-0.15, -0.1) is 0 Å². The van der Waals surface area contributed by atoms with Crippen molar-refractivity contribution in [1.29, 1.82) is 5.26 Å². The van der Waals surface area contributed by atoms with E-state index in [0.717, 1.165) is 38.9 Å². The third kappa shape index (κ3) is 4.92. The number of nitriles is 1. The van der Waals surface area contributed by atoms with Crippen LogP contribution in [0.25, 0.3) is 0 Å². The standard InChI is InChI=1S/C19H23N7O2/c1-2-5-26-6-3-13(4-7-26)24-16-8-17(23-11-15(16)19(27)28)25-18-12-21-14(9-20)10-22-18/h8,10-13H,2-7H2,1H3,(H,27,28)(H2,22,23,24,25). The average Bonchev–Trinajstić information content (AvgIpc) is 2.70. The van der Waals surface area contributed by atoms with Crippen LogP contribution in [0.4, 0.5) is 17.3 Å². The zero-order valence-electron chi connectivity index (χ0n) is 15.7. The van der Waals surface area contributed by atoms with Gasteiger partial charge in [0.15, 0.2) is 5.69 Å². The van der Waals surface area contributed by atoms with Crippen molar-refractivity contribution in [3.8, 4) is 6.07 Å². The van der Waals surface area contributed by atoms with Gasteiger partial charge in [-0.05, 0) is 25.8 Å². The Morgan fingerprint density at radius 2 is 2.00 bits per heavy atom. The van der Waals surface area contributed by atoms with Gasteiger partial charge in [-0.3, -0.25) is 0 Å². The molecule has 3 heterocycles. The van der Waals surface area contributed by atoms with Crippen LogP contribution in [0, 0.1) is 11.3 Å². The summed E-state index contributed by atoms with van der Waals surface area (Å²) < 4.78 is 0. The fourth-order valence-electron chi connectivity index (χ4n) is 3.23. The van der Waals surface area contributed by atoms with Crippen LogP contribution in [0.2, 0.25) is 0 Å². The number of nitrogens with zero attached hydrogens (tertiary/aromatic N) is 5. The van der Waals surface area contributed by atoms with E-state index in [0.29, 0.717) is 17.3 Å². The molecule has 9 heteroatoms. The zero-order valence-corrected chi connectivity index (χ0v) is 15.7. The highest BCUT2D eigenvalue weighted by atomic mass is 16.4. The lowest BCUT2D eigenvalue weighted by Crippen LogP contribution is -2.39. The van der Waals surface area contributed by atoms with E-state index in [9.17, 15) is 9.90 Å². The molecule has 0 saturated carbocycles. The van der Waals surface area contributed by atoms with E-state index < -0.39 is 5.97 Å². The smallest absolute Gasteiger partial charge is 0.339 e. The lowest BCUT2D eigenvalue weighted by Gasteiger charge is -2.32. The van der Waals surface area contributed by atoms with Crippen LogP contribution in [-0.4, -0.2) is 56.6 Å². The Morgan fingerprint density at radius 3 is 2.61 bits per heavy atom. The molecule has 2 aromatic rings. The molecule has 9 nitrogen and oxygen atoms in total. The molecule has 3 N–H and O–H groups in total. The fraction of sp³-hybridized carbons (Fsp3) is 0.421. The first-order chi connectivity index (χ1) is 13.6. The van der Waals surface area contributed by atoms with Crippen LogP contribution in [0.15, 0.2) is 24.7 Å². The minimum Gasteiger partial charge on any atom is -0.478 e. The Morgan fingerprint density at radius 1 is 1.25 bits per heavy atom. The number of aromatic nitrogens is 3. The van der Waals surface area contributed by atoms with E-state index in [1.165, 1.54) is 18.6 Å². The summed E-state index contributed by atoms with van der Waals surface area (Å²) in [5, 5.41) is 24.6. The molecule has 28 heavy (non-hydrogen) atoms. The normalized spacial score (nSPS) is 15.0. The van der Waals surface area contributed by atoms with Crippen molar-refractivity contribution in [2.75, 3.05) is 30.3 Å². The number of anilines is 3. The molecule has 146 valence electrons. The molecule has 1 aliphatic rings. The molecule has 0 atom stereocenters. The lowest BCUT2D eigenvalue weighted by atomic mass is 10.0. The molecular weight excluding hydrogens is 358 g/mol. The minimum atomic E-state index is -1.02. The van der Waals surface area contributed by atoms with Crippen LogP contribution in [0.5, 0.6) is 0 Å². The molecule has 3 rings (SSSR count). The summed E-state index contributed by atoms with van der Waals surface area (Å²) in [5.41, 5.74) is 0.879. The summed E-state index contributed by atoms with van der Waals surface area (Å²) in [5.74, 6) is -0.147. The van der Waals surface area contributed by atoms with Crippen LogP contribution in [0.3, 0.4) is 0 Å². The Bertz CT molecular complexity index is 856. The first kappa shape index (κ1) is 19.5. The number of piperidine rings is 1. The van der Waals surface area contributed by atoms with E-state index in [1.54, 1.807) is 6.07 Å². The molecule has 0 aliphatic carbocycles. The zero-order chi connectivity index (χ0) is 19.9. The van der Waals surface area contributed by atoms with Gasteiger partial charge in [-0.25, -0.2) is 19.7 Å². The number of pyridine rings is 1. The van der Waals surface area contributed by atoms with Gasteiger partial charge in [0.2, 0.25) is 0 Å². The van der Waals surface area contributed by atoms with Crippen LogP contribution < -0.4 is 10.6 Å². The summed E-state index contributed by atoms with van der Waals surface area (Å²) in [4.78, 5) is 26.2. The number of hydrogen-bond donors (Lipinski definition) is 3. The maximum Gasteiger partial charge on any atom is 0.339 e. The quantitative estimate of drug-likeness (QED) is 0.662. The molecule has 2 aromatic heterocycles. The number of rotatable bonds is 7. The van der Waals surface area contributed by atoms with Gasteiger partial charge in [-0.2, -0.15) is 5.26 Å². The number of hydrogen-bond acceptors (Lipinski definition) is 8. The van der Waals surface area contributed by atoms with Crippen molar-refractivity contribution in [1.82, 2.24) is 19.9 Å². The molecule has 0 aromatic carbocycles. The second kappa shape index (κ2) is 9.10. The summed E-state index contributed by atoms with van der Waals surface area (Å²) in [6.07, 6.45) is 7.19. The van der Waals surface area contributed by atoms with Crippen molar-refractivity contribution in [2.45, 2.75) is 32.2 Å². The van der Waals surface area contributed by atoms with Gasteiger partial charge in [-0.1, -0.05) is 6.92 Å². The van der Waals surface area contributed by atoms with Crippen LogP contribution >= 0.6 is 0 Å². The highest BCUT2D eigenvalue weighted by molar-refractivity contribution is 5.94. The molecule has 1 aliphatic heterocycles. The summed E-state index contributed by atoms with van der Waals surface area (Å²) in [7, 11) is 0. The molecule has 0 bridgehead atoms. The highest BCUT2D eigenvalue weighted by Crippen LogP contribution is 2.24. The van der Waals surface area contributed by atoms with E-state index in [-0.39, 0.29) is 17.3 Å². The van der Waals surface area contributed by atoms with E-state index in [2.05, 4.69) is 37.4 Å². The molecular formula is C19H23N7O2. The Balaban J connectivity index is 1.72. The topological polar surface area (TPSA) is 127 Å². The van der Waals surface area contributed by atoms with Gasteiger partial charge >= 0.3 is 5.97 Å². The second-order valence-electron chi connectivity index (χ2n) is 6.70. The second-order valence-corrected chi connectivity index (χ2v) is 6.70. The van der Waals surface area contributed by atoms with Crippen molar-refractivity contribution in [2.24, 2.45) is 0 Å². The molecule has 0 radical (unpaired) electrons. The number of carboxylic acid groups (broad SMARTS) is 1. The Kier molecular flexibility index (Phi) is 6.34. The average molecular weight is 381 g/mol. The van der Waals surface area contributed by atoms with Crippen molar-refractivity contribution in [3.63, 3.8) is 0 Å². The van der Waals surface area contributed by atoms with Gasteiger partial charge in [0.05, 0.1) is 18.1 Å². The first-order valence-electron chi connectivity index (χ1n) is 9.30. The molecule has 1 saturated heterocycles. The number of carbonyl (C=O) groups is 1. The van der Waals surface area contributed by atoms with Gasteiger partial charge < -0.3 is 20.6 Å². The number of aromatic carboxylic acids is 1. The summed E-state index contributed by atoms with van der Waals surface area (Å²) >= 11 is 0. The fourth-order valence-corrected chi connectivity index (χ4v) is 3.23. The number of likely N-dealkylation sites (tertiary alicyclic amines) is 1. The molecule has 0 unspecified atom stereocenters. The molecule has 0 spiro atoms. The largest absolute Gasteiger partial charge is 0.478 e. The maximum atomic E-state index is 11.6. The number of carboxylic acids is 1. The van der Waals surface area contributed by atoms with Crippen LogP contribution in [-0.2, 0) is 0 Å². The SMILES string of the molecule is CCCN1CCC(Nc2cc(Nc3cnc(C#N)cn3)ncc2C(=O)O)CC1. The van der Waals surface area contributed by atoms with Crippen molar-refractivity contribution >= 4 is 23.3 Å². The minimum absolute atomic E-state index is 0.132. The monoisotopic (exact) mass is 381 g/mol. The van der Waals surface area contributed by atoms with E-state index in [4.69, 9.17) is 5.26 Å². The van der Waals surface area contributed by atoms with E-state index >= 15 is 0 Å². The molecule has 0 amide bonds. The van der Waals surface area contributed by atoms with E-state index in [1.807, 2.05) is 6.07 Å².